The van der Waals surface area contributed by atoms with Crippen molar-refractivity contribution >= 4 is 22.9 Å². The molecule has 1 aromatic heterocycles. The number of hydrogen-bond acceptors (Lipinski definition) is 3. The molecule has 0 aliphatic rings. The predicted octanol–water partition coefficient (Wildman–Crippen LogP) is 3.73. The highest BCUT2D eigenvalue weighted by Gasteiger charge is 2.16. The molecule has 0 fully saturated rings. The molecule has 106 valence electrons. The molecule has 2 aromatic rings. The number of carbonyl (C=O) groups excluding carboxylic acids is 1. The highest BCUT2D eigenvalue weighted by atomic mass is 32.1. The lowest BCUT2D eigenvalue weighted by Gasteiger charge is -2.11. The molecule has 2 rings (SSSR count). The van der Waals surface area contributed by atoms with E-state index in [2.05, 4.69) is 24.4 Å². The third kappa shape index (κ3) is 3.92. The minimum absolute atomic E-state index is 0.172. The van der Waals surface area contributed by atoms with Crippen LogP contribution in [0, 0.1) is 0 Å². The van der Waals surface area contributed by atoms with Gasteiger partial charge in [-0.1, -0.05) is 31.5 Å². The van der Waals surface area contributed by atoms with E-state index in [9.17, 15) is 4.79 Å². The van der Waals surface area contributed by atoms with Crippen LogP contribution >= 0.6 is 11.3 Å². The van der Waals surface area contributed by atoms with Crippen LogP contribution in [0.15, 0.2) is 41.8 Å². The number of aryl methyl sites for hydroxylation is 1. The van der Waals surface area contributed by atoms with Gasteiger partial charge in [0.1, 0.15) is 6.04 Å². The van der Waals surface area contributed by atoms with Gasteiger partial charge in [0.15, 0.2) is 0 Å². The first-order chi connectivity index (χ1) is 9.70. The van der Waals surface area contributed by atoms with Crippen molar-refractivity contribution in [3.8, 4) is 0 Å². The number of carbonyl (C=O) groups is 1. The summed E-state index contributed by atoms with van der Waals surface area (Å²) in [7, 11) is 0. The van der Waals surface area contributed by atoms with Gasteiger partial charge in [-0.2, -0.15) is 0 Å². The van der Waals surface area contributed by atoms with Gasteiger partial charge in [-0.15, -0.1) is 11.3 Å². The zero-order valence-corrected chi connectivity index (χ0v) is 12.5. The second-order valence-corrected chi connectivity index (χ2v) is 5.76. The van der Waals surface area contributed by atoms with Gasteiger partial charge in [0, 0.05) is 10.6 Å². The molecule has 1 heterocycles. The molecule has 0 spiro atoms. The van der Waals surface area contributed by atoms with Gasteiger partial charge < -0.3 is 11.1 Å². The van der Waals surface area contributed by atoms with Gasteiger partial charge in [0.25, 0.3) is 0 Å². The molecular weight excluding hydrogens is 268 g/mol. The Morgan fingerprint density at radius 3 is 2.65 bits per heavy atom. The molecule has 1 aromatic carbocycles. The van der Waals surface area contributed by atoms with Crippen molar-refractivity contribution in [1.29, 1.82) is 0 Å². The van der Waals surface area contributed by atoms with Gasteiger partial charge in [-0.05, 0) is 42.0 Å². The maximum absolute atomic E-state index is 12.0. The van der Waals surface area contributed by atoms with Gasteiger partial charge in [0.05, 0.1) is 0 Å². The summed E-state index contributed by atoms with van der Waals surface area (Å²) >= 11 is 1.50. The third-order valence-electron chi connectivity index (χ3n) is 3.17. The molecule has 0 radical (unpaired) electrons. The summed E-state index contributed by atoms with van der Waals surface area (Å²) in [4.78, 5) is 12.9. The standard InChI is InChI=1S/C16H20N2OS/c1-2-3-5-12-7-9-13(10-8-12)18-16(19)15(17)14-6-4-11-20-14/h4,6-11,15H,2-3,5,17H2,1H3,(H,18,19). The van der Waals surface area contributed by atoms with Gasteiger partial charge >= 0.3 is 0 Å². The van der Waals surface area contributed by atoms with E-state index in [1.54, 1.807) is 0 Å². The molecule has 1 amide bonds. The van der Waals surface area contributed by atoms with Crippen molar-refractivity contribution in [2.24, 2.45) is 5.73 Å². The number of rotatable bonds is 6. The number of benzene rings is 1. The topological polar surface area (TPSA) is 55.1 Å². The molecule has 0 bridgehead atoms. The molecule has 4 heteroatoms. The number of unbranched alkanes of at least 4 members (excludes halogenated alkanes) is 1. The summed E-state index contributed by atoms with van der Waals surface area (Å²) in [5.41, 5.74) is 8.02. The Kier molecular flexibility index (Phi) is 5.32. The lowest BCUT2D eigenvalue weighted by molar-refractivity contribution is -0.117. The van der Waals surface area contributed by atoms with E-state index in [0.29, 0.717) is 0 Å². The van der Waals surface area contributed by atoms with E-state index in [-0.39, 0.29) is 5.91 Å². The Labute approximate surface area is 123 Å². The summed E-state index contributed by atoms with van der Waals surface area (Å²) in [6.45, 7) is 2.18. The monoisotopic (exact) mass is 288 g/mol. The van der Waals surface area contributed by atoms with E-state index >= 15 is 0 Å². The number of amides is 1. The van der Waals surface area contributed by atoms with E-state index in [4.69, 9.17) is 5.73 Å². The van der Waals surface area contributed by atoms with Crippen molar-refractivity contribution in [2.45, 2.75) is 32.2 Å². The maximum atomic E-state index is 12.0. The summed E-state index contributed by atoms with van der Waals surface area (Å²) in [5, 5.41) is 4.78. The number of thiophene rings is 1. The maximum Gasteiger partial charge on any atom is 0.246 e. The van der Waals surface area contributed by atoms with Gasteiger partial charge in [-0.25, -0.2) is 0 Å². The van der Waals surface area contributed by atoms with E-state index in [1.165, 1.54) is 29.7 Å². The summed E-state index contributed by atoms with van der Waals surface area (Å²) < 4.78 is 0. The highest BCUT2D eigenvalue weighted by Crippen LogP contribution is 2.19. The lowest BCUT2D eigenvalue weighted by atomic mass is 10.1. The van der Waals surface area contributed by atoms with Crippen molar-refractivity contribution in [3.05, 3.63) is 52.2 Å². The van der Waals surface area contributed by atoms with Crippen LogP contribution in [0.1, 0.15) is 36.2 Å². The number of anilines is 1. The van der Waals surface area contributed by atoms with E-state index in [1.807, 2.05) is 29.6 Å². The predicted molar refractivity (Wildman–Crippen MR) is 84.9 cm³/mol. The Morgan fingerprint density at radius 2 is 2.05 bits per heavy atom. The lowest BCUT2D eigenvalue weighted by Crippen LogP contribution is -2.26. The molecule has 3 N–H and O–H groups in total. The second kappa shape index (κ2) is 7.22. The first kappa shape index (κ1) is 14.8. The largest absolute Gasteiger partial charge is 0.324 e. The number of hydrogen-bond donors (Lipinski definition) is 2. The average molecular weight is 288 g/mol. The van der Waals surface area contributed by atoms with E-state index in [0.717, 1.165) is 17.0 Å². The summed E-state index contributed by atoms with van der Waals surface area (Å²) in [5.74, 6) is -0.172. The van der Waals surface area contributed by atoms with Crippen LogP contribution in [-0.4, -0.2) is 5.91 Å². The third-order valence-corrected chi connectivity index (χ3v) is 4.13. The zero-order valence-electron chi connectivity index (χ0n) is 11.6. The van der Waals surface area contributed by atoms with Crippen molar-refractivity contribution in [2.75, 3.05) is 5.32 Å². The molecule has 0 saturated heterocycles. The minimum Gasteiger partial charge on any atom is -0.324 e. The van der Waals surface area contributed by atoms with Crippen LogP contribution in [-0.2, 0) is 11.2 Å². The highest BCUT2D eigenvalue weighted by molar-refractivity contribution is 7.10. The van der Waals surface area contributed by atoms with Crippen LogP contribution < -0.4 is 11.1 Å². The van der Waals surface area contributed by atoms with Gasteiger partial charge in [-0.3, -0.25) is 4.79 Å². The zero-order chi connectivity index (χ0) is 14.4. The fraction of sp³-hybridized carbons (Fsp3) is 0.312. The molecule has 3 nitrogen and oxygen atoms in total. The molecular formula is C16H20N2OS. The minimum atomic E-state index is -0.602. The van der Waals surface area contributed by atoms with Crippen LogP contribution in [0.4, 0.5) is 5.69 Å². The second-order valence-electron chi connectivity index (χ2n) is 4.78. The SMILES string of the molecule is CCCCc1ccc(NC(=O)C(N)c2cccs2)cc1. The Balaban J connectivity index is 1.94. The first-order valence-electron chi connectivity index (χ1n) is 6.89. The summed E-state index contributed by atoms with van der Waals surface area (Å²) in [6, 6.07) is 11.2. The fourth-order valence-corrected chi connectivity index (χ4v) is 2.68. The van der Waals surface area contributed by atoms with Crippen molar-refractivity contribution in [1.82, 2.24) is 0 Å². The van der Waals surface area contributed by atoms with Gasteiger partial charge in [0.2, 0.25) is 5.91 Å². The number of nitrogens with two attached hydrogens (primary N) is 1. The first-order valence-corrected chi connectivity index (χ1v) is 7.77. The smallest absolute Gasteiger partial charge is 0.246 e. The molecule has 0 aliphatic heterocycles. The van der Waals surface area contributed by atoms with Crippen molar-refractivity contribution < 1.29 is 4.79 Å². The molecule has 0 saturated carbocycles. The Bertz CT molecular complexity index is 534. The molecule has 20 heavy (non-hydrogen) atoms. The van der Waals surface area contributed by atoms with Crippen LogP contribution in [0.3, 0.4) is 0 Å². The van der Waals surface area contributed by atoms with Crippen LogP contribution in [0.2, 0.25) is 0 Å². The van der Waals surface area contributed by atoms with E-state index < -0.39 is 6.04 Å². The Morgan fingerprint density at radius 1 is 1.30 bits per heavy atom. The fourth-order valence-electron chi connectivity index (χ4n) is 1.95. The Hall–Kier alpha value is -1.65. The molecule has 1 atom stereocenters. The average Bonchev–Trinajstić information content (AvgIpc) is 3.00. The number of nitrogens with one attached hydrogen (secondary N) is 1. The van der Waals surface area contributed by atoms with Crippen LogP contribution in [0.25, 0.3) is 0 Å². The van der Waals surface area contributed by atoms with Crippen molar-refractivity contribution in [3.63, 3.8) is 0 Å². The van der Waals surface area contributed by atoms with Crippen LogP contribution in [0.5, 0.6) is 0 Å². The molecule has 0 aliphatic carbocycles. The molecule has 1 unspecified atom stereocenters. The quantitative estimate of drug-likeness (QED) is 0.851. The summed E-state index contributed by atoms with van der Waals surface area (Å²) in [6.07, 6.45) is 3.46. The normalized spacial score (nSPS) is 12.1.